The quantitative estimate of drug-likeness (QED) is 0.701. The van der Waals surface area contributed by atoms with Crippen LogP contribution in [0, 0.1) is 4.77 Å². The molecule has 0 aliphatic rings. The van der Waals surface area contributed by atoms with Crippen LogP contribution < -0.4 is 10.1 Å². The Hall–Kier alpha value is -2.93. The fourth-order valence-corrected chi connectivity index (χ4v) is 2.58. The van der Waals surface area contributed by atoms with Gasteiger partial charge in [0, 0.05) is 12.7 Å². The van der Waals surface area contributed by atoms with E-state index >= 15 is 0 Å². The van der Waals surface area contributed by atoms with E-state index in [2.05, 4.69) is 15.5 Å². The summed E-state index contributed by atoms with van der Waals surface area (Å²) < 4.78 is 8.10. The molecule has 2 aromatic carbocycles. The third-order valence-corrected chi connectivity index (χ3v) is 3.75. The molecule has 3 aromatic rings. The highest BCUT2D eigenvalue weighted by Crippen LogP contribution is 2.20. The fraction of sp³-hybridized carbons (Fsp3) is 0.118. The second-order valence-electron chi connectivity index (χ2n) is 4.98. The summed E-state index contributed by atoms with van der Waals surface area (Å²) in [6.45, 7) is 0.177. The first kappa shape index (κ1) is 15.9. The maximum absolute atomic E-state index is 11.9. The van der Waals surface area contributed by atoms with Crippen LogP contribution in [0.1, 0.15) is 16.2 Å². The number of hydrogen-bond donors (Lipinski definition) is 2. The first-order valence-corrected chi connectivity index (χ1v) is 7.77. The minimum absolute atomic E-state index is 0.177. The van der Waals surface area contributed by atoms with Crippen LogP contribution in [-0.4, -0.2) is 27.7 Å². The number of aromatic amines is 1. The van der Waals surface area contributed by atoms with Gasteiger partial charge in [0.25, 0.3) is 5.91 Å². The van der Waals surface area contributed by atoms with Gasteiger partial charge in [-0.3, -0.25) is 14.5 Å². The molecule has 1 heterocycles. The lowest BCUT2D eigenvalue weighted by atomic mass is 10.2. The van der Waals surface area contributed by atoms with Crippen molar-refractivity contribution in [1.29, 1.82) is 0 Å². The Balaban J connectivity index is 1.87. The van der Waals surface area contributed by atoms with Gasteiger partial charge in [0.05, 0.1) is 5.56 Å². The molecule has 6 nitrogen and oxygen atoms in total. The molecule has 0 unspecified atom stereocenters. The number of amides is 1. The molecule has 0 atom stereocenters. The number of ether oxygens (including phenoxy) is 1. The average molecular weight is 340 g/mol. The molecular formula is C17H16N4O2S. The average Bonchev–Trinajstić information content (AvgIpc) is 3.01. The molecule has 1 amide bonds. The van der Waals surface area contributed by atoms with E-state index in [0.717, 1.165) is 5.69 Å². The molecule has 0 saturated heterocycles. The van der Waals surface area contributed by atoms with Crippen molar-refractivity contribution in [3.63, 3.8) is 0 Å². The first-order chi connectivity index (χ1) is 11.7. The van der Waals surface area contributed by atoms with E-state index in [4.69, 9.17) is 17.0 Å². The summed E-state index contributed by atoms with van der Waals surface area (Å²) in [5, 5.41) is 9.60. The molecule has 0 radical (unpaired) electrons. The lowest BCUT2D eigenvalue weighted by Gasteiger charge is -2.11. The van der Waals surface area contributed by atoms with Crippen molar-refractivity contribution >= 4 is 18.1 Å². The second-order valence-corrected chi connectivity index (χ2v) is 5.37. The second kappa shape index (κ2) is 7.10. The third-order valence-electron chi connectivity index (χ3n) is 3.47. The Morgan fingerprint density at radius 3 is 2.67 bits per heavy atom. The molecule has 0 spiro atoms. The molecule has 24 heavy (non-hydrogen) atoms. The van der Waals surface area contributed by atoms with Crippen molar-refractivity contribution < 1.29 is 9.53 Å². The molecule has 3 rings (SSSR count). The van der Waals surface area contributed by atoms with E-state index in [0.29, 0.717) is 21.9 Å². The van der Waals surface area contributed by atoms with Gasteiger partial charge in [0.2, 0.25) is 0 Å². The molecular weight excluding hydrogens is 324 g/mol. The number of hydrogen-bond acceptors (Lipinski definition) is 4. The summed E-state index contributed by atoms with van der Waals surface area (Å²) in [4.78, 5) is 11.9. The number of nitrogens with one attached hydrogen (secondary N) is 2. The standard InChI is InChI=1S/C17H16N4O2S/c1-18-16(22)13-9-5-6-10-14(13)23-11-15-19-20-17(24)21(15)12-7-3-2-4-8-12/h2-10H,11H2,1H3,(H,18,22)(H,20,24). The van der Waals surface area contributed by atoms with E-state index in [1.54, 1.807) is 29.8 Å². The number of carbonyl (C=O) groups is 1. The molecule has 0 aliphatic heterocycles. The van der Waals surface area contributed by atoms with E-state index in [9.17, 15) is 4.79 Å². The number of rotatable bonds is 5. The summed E-state index contributed by atoms with van der Waals surface area (Å²) in [7, 11) is 1.58. The highest BCUT2D eigenvalue weighted by Gasteiger charge is 2.13. The highest BCUT2D eigenvalue weighted by atomic mass is 32.1. The number of H-pyrrole nitrogens is 1. The minimum Gasteiger partial charge on any atom is -0.485 e. The third kappa shape index (κ3) is 3.21. The van der Waals surface area contributed by atoms with Crippen LogP contribution in [0.15, 0.2) is 54.6 Å². The lowest BCUT2D eigenvalue weighted by molar-refractivity contribution is 0.0958. The number of carbonyl (C=O) groups excluding carboxylic acids is 1. The molecule has 0 bridgehead atoms. The molecule has 1 aromatic heterocycles. The van der Waals surface area contributed by atoms with Crippen molar-refractivity contribution in [3.8, 4) is 11.4 Å². The van der Waals surface area contributed by atoms with Gasteiger partial charge in [-0.05, 0) is 36.5 Å². The van der Waals surface area contributed by atoms with Crippen molar-refractivity contribution in [3.05, 3.63) is 70.8 Å². The minimum atomic E-state index is -0.201. The van der Waals surface area contributed by atoms with Crippen LogP contribution in [0.3, 0.4) is 0 Å². The van der Waals surface area contributed by atoms with Gasteiger partial charge in [-0.25, -0.2) is 0 Å². The number of aromatic nitrogens is 3. The molecule has 7 heteroatoms. The zero-order valence-electron chi connectivity index (χ0n) is 13.0. The lowest BCUT2D eigenvalue weighted by Crippen LogP contribution is -2.19. The Kier molecular flexibility index (Phi) is 4.72. The van der Waals surface area contributed by atoms with Gasteiger partial charge < -0.3 is 10.1 Å². The fourth-order valence-electron chi connectivity index (χ4n) is 2.33. The van der Waals surface area contributed by atoms with E-state index in [1.807, 2.05) is 36.4 Å². The smallest absolute Gasteiger partial charge is 0.254 e. The van der Waals surface area contributed by atoms with Crippen molar-refractivity contribution in [2.45, 2.75) is 6.61 Å². The molecule has 0 aliphatic carbocycles. The largest absolute Gasteiger partial charge is 0.485 e. The Morgan fingerprint density at radius 2 is 1.92 bits per heavy atom. The summed E-state index contributed by atoms with van der Waals surface area (Å²) in [6, 6.07) is 16.7. The van der Waals surface area contributed by atoms with Crippen LogP contribution in [-0.2, 0) is 6.61 Å². The number of nitrogens with zero attached hydrogens (tertiary/aromatic N) is 2. The van der Waals surface area contributed by atoms with Crippen LogP contribution >= 0.6 is 12.2 Å². The Labute approximate surface area is 144 Å². The van der Waals surface area contributed by atoms with Crippen molar-refractivity contribution in [2.75, 3.05) is 7.05 Å². The van der Waals surface area contributed by atoms with E-state index in [-0.39, 0.29) is 12.5 Å². The predicted octanol–water partition coefficient (Wildman–Crippen LogP) is 2.87. The summed E-state index contributed by atoms with van der Waals surface area (Å²) in [5.41, 5.74) is 1.37. The van der Waals surface area contributed by atoms with E-state index < -0.39 is 0 Å². The van der Waals surface area contributed by atoms with Gasteiger partial charge in [0.15, 0.2) is 10.6 Å². The number of para-hydroxylation sites is 2. The van der Waals surface area contributed by atoms with Gasteiger partial charge in [-0.2, -0.15) is 5.10 Å². The van der Waals surface area contributed by atoms with Crippen LogP contribution in [0.2, 0.25) is 0 Å². The summed E-state index contributed by atoms with van der Waals surface area (Å²) >= 11 is 5.30. The SMILES string of the molecule is CNC(=O)c1ccccc1OCc1n[nH]c(=S)n1-c1ccccc1. The summed E-state index contributed by atoms with van der Waals surface area (Å²) in [5.74, 6) is 0.913. The summed E-state index contributed by atoms with van der Waals surface area (Å²) in [6.07, 6.45) is 0. The Morgan fingerprint density at radius 1 is 1.21 bits per heavy atom. The van der Waals surface area contributed by atoms with Crippen molar-refractivity contribution in [1.82, 2.24) is 20.1 Å². The topological polar surface area (TPSA) is 71.9 Å². The van der Waals surface area contributed by atoms with Gasteiger partial charge in [-0.1, -0.05) is 30.3 Å². The maximum Gasteiger partial charge on any atom is 0.254 e. The van der Waals surface area contributed by atoms with Crippen LogP contribution in [0.4, 0.5) is 0 Å². The predicted molar refractivity (Wildman–Crippen MR) is 92.9 cm³/mol. The maximum atomic E-state index is 11.9. The van der Waals surface area contributed by atoms with Gasteiger partial charge in [0.1, 0.15) is 12.4 Å². The molecule has 0 saturated carbocycles. The monoisotopic (exact) mass is 340 g/mol. The zero-order chi connectivity index (χ0) is 16.9. The van der Waals surface area contributed by atoms with Crippen molar-refractivity contribution in [2.24, 2.45) is 0 Å². The molecule has 2 N–H and O–H groups in total. The molecule has 122 valence electrons. The highest BCUT2D eigenvalue weighted by molar-refractivity contribution is 7.71. The zero-order valence-corrected chi connectivity index (χ0v) is 13.8. The van der Waals surface area contributed by atoms with E-state index in [1.165, 1.54) is 0 Å². The molecule has 0 fully saturated rings. The van der Waals surface area contributed by atoms with Crippen LogP contribution in [0.25, 0.3) is 5.69 Å². The van der Waals surface area contributed by atoms with Gasteiger partial charge >= 0.3 is 0 Å². The van der Waals surface area contributed by atoms with Gasteiger partial charge in [-0.15, -0.1) is 0 Å². The normalized spacial score (nSPS) is 10.4. The first-order valence-electron chi connectivity index (χ1n) is 7.36. The Bertz CT molecular complexity index is 902. The number of benzene rings is 2. The van der Waals surface area contributed by atoms with Crippen LogP contribution in [0.5, 0.6) is 5.75 Å².